The average Bonchev–Trinajstić information content (AvgIpc) is 2.55. The molecule has 1 amide bonds. The summed E-state index contributed by atoms with van der Waals surface area (Å²) in [5.41, 5.74) is 0.677. The van der Waals surface area contributed by atoms with E-state index < -0.39 is 6.10 Å². The summed E-state index contributed by atoms with van der Waals surface area (Å²) in [5.74, 6) is 0.930. The highest BCUT2D eigenvalue weighted by molar-refractivity contribution is 6.30. The van der Waals surface area contributed by atoms with Crippen LogP contribution in [0.4, 0.5) is 5.69 Å². The van der Waals surface area contributed by atoms with Crippen molar-refractivity contribution in [3.05, 3.63) is 53.6 Å². The van der Waals surface area contributed by atoms with E-state index >= 15 is 0 Å². The van der Waals surface area contributed by atoms with Crippen molar-refractivity contribution in [2.45, 2.75) is 19.4 Å². The van der Waals surface area contributed by atoms with Crippen molar-refractivity contribution in [2.75, 3.05) is 12.4 Å². The van der Waals surface area contributed by atoms with Crippen LogP contribution in [-0.2, 0) is 4.79 Å². The average molecular weight is 320 g/mol. The molecule has 0 fully saturated rings. The summed E-state index contributed by atoms with van der Waals surface area (Å²) in [4.78, 5) is 12.3. The Labute approximate surface area is 135 Å². The van der Waals surface area contributed by atoms with E-state index in [1.165, 1.54) is 0 Å². The fourth-order valence-corrected chi connectivity index (χ4v) is 2.07. The number of hydrogen-bond acceptors (Lipinski definition) is 3. The Morgan fingerprint density at radius 1 is 1.14 bits per heavy atom. The quantitative estimate of drug-likeness (QED) is 0.870. The van der Waals surface area contributed by atoms with Gasteiger partial charge in [0.2, 0.25) is 0 Å². The van der Waals surface area contributed by atoms with Gasteiger partial charge in [0.05, 0.1) is 7.11 Å². The lowest BCUT2D eigenvalue weighted by Gasteiger charge is -2.18. The van der Waals surface area contributed by atoms with E-state index in [0.717, 1.165) is 0 Å². The third-order valence-electron chi connectivity index (χ3n) is 3.11. The predicted octanol–water partition coefficient (Wildman–Crippen LogP) is 4.14. The number of benzene rings is 2. The van der Waals surface area contributed by atoms with Gasteiger partial charge in [0.1, 0.15) is 0 Å². The Morgan fingerprint density at radius 3 is 2.36 bits per heavy atom. The molecule has 0 radical (unpaired) electrons. The molecule has 0 bridgehead atoms. The van der Waals surface area contributed by atoms with E-state index in [4.69, 9.17) is 21.1 Å². The Morgan fingerprint density at radius 2 is 1.77 bits per heavy atom. The zero-order chi connectivity index (χ0) is 15.9. The zero-order valence-corrected chi connectivity index (χ0v) is 13.3. The standard InChI is InChI=1S/C17H18ClNO3/c1-3-14(22-16-7-5-4-6-15(16)21-2)17(20)19-13-10-8-12(18)9-11-13/h4-11,14H,3H2,1-2H3,(H,19,20). The molecule has 4 nitrogen and oxygen atoms in total. The van der Waals surface area contributed by atoms with Gasteiger partial charge in [-0.2, -0.15) is 0 Å². The highest BCUT2D eigenvalue weighted by Gasteiger charge is 2.20. The minimum atomic E-state index is -0.605. The fourth-order valence-electron chi connectivity index (χ4n) is 1.95. The summed E-state index contributed by atoms with van der Waals surface area (Å²) in [5, 5.41) is 3.44. The first-order chi connectivity index (χ1) is 10.6. The number of hydrogen-bond donors (Lipinski definition) is 1. The first kappa shape index (κ1) is 16.2. The van der Waals surface area contributed by atoms with E-state index in [0.29, 0.717) is 28.6 Å². The second-order valence-electron chi connectivity index (χ2n) is 4.66. The number of ether oxygens (including phenoxy) is 2. The molecule has 0 aliphatic heterocycles. The van der Waals surface area contributed by atoms with Gasteiger partial charge in [-0.3, -0.25) is 4.79 Å². The zero-order valence-electron chi connectivity index (χ0n) is 12.5. The van der Waals surface area contributed by atoms with Crippen LogP contribution in [-0.4, -0.2) is 19.1 Å². The number of carbonyl (C=O) groups excluding carboxylic acids is 1. The Kier molecular flexibility index (Phi) is 5.67. The molecule has 0 saturated heterocycles. The molecular weight excluding hydrogens is 302 g/mol. The summed E-state index contributed by atoms with van der Waals surface area (Å²) in [6.45, 7) is 1.89. The van der Waals surface area contributed by atoms with Crippen LogP contribution >= 0.6 is 11.6 Å². The summed E-state index contributed by atoms with van der Waals surface area (Å²) < 4.78 is 11.0. The maximum atomic E-state index is 12.3. The van der Waals surface area contributed by atoms with Gasteiger partial charge in [0.15, 0.2) is 17.6 Å². The molecule has 0 heterocycles. The SMILES string of the molecule is CCC(Oc1ccccc1OC)C(=O)Nc1ccc(Cl)cc1. The van der Waals surface area contributed by atoms with Crippen molar-refractivity contribution in [1.29, 1.82) is 0 Å². The summed E-state index contributed by atoms with van der Waals surface area (Å²) in [6.07, 6.45) is -0.0655. The van der Waals surface area contributed by atoms with Gasteiger partial charge < -0.3 is 14.8 Å². The summed E-state index contributed by atoms with van der Waals surface area (Å²) in [7, 11) is 1.57. The van der Waals surface area contributed by atoms with Gasteiger partial charge in [0.25, 0.3) is 5.91 Å². The van der Waals surface area contributed by atoms with Gasteiger partial charge in [-0.15, -0.1) is 0 Å². The van der Waals surface area contributed by atoms with Crippen molar-refractivity contribution < 1.29 is 14.3 Å². The molecule has 116 valence electrons. The number of methoxy groups -OCH3 is 1. The maximum Gasteiger partial charge on any atom is 0.265 e. The molecule has 2 rings (SSSR count). The third-order valence-corrected chi connectivity index (χ3v) is 3.37. The first-order valence-corrected chi connectivity index (χ1v) is 7.38. The van der Waals surface area contributed by atoms with Crippen molar-refractivity contribution in [3.8, 4) is 11.5 Å². The van der Waals surface area contributed by atoms with Gasteiger partial charge in [-0.05, 0) is 42.8 Å². The number of amides is 1. The van der Waals surface area contributed by atoms with Gasteiger partial charge in [-0.1, -0.05) is 30.7 Å². The van der Waals surface area contributed by atoms with Crippen LogP contribution in [0.25, 0.3) is 0 Å². The van der Waals surface area contributed by atoms with E-state index in [-0.39, 0.29) is 5.91 Å². The number of halogens is 1. The van der Waals surface area contributed by atoms with Crippen LogP contribution in [0, 0.1) is 0 Å². The minimum absolute atomic E-state index is 0.212. The highest BCUT2D eigenvalue weighted by atomic mass is 35.5. The molecule has 5 heteroatoms. The molecule has 0 aliphatic carbocycles. The number of nitrogens with one attached hydrogen (secondary N) is 1. The number of anilines is 1. The third kappa shape index (κ3) is 4.15. The van der Waals surface area contributed by atoms with E-state index in [2.05, 4.69) is 5.32 Å². The lowest BCUT2D eigenvalue weighted by atomic mass is 10.2. The molecule has 22 heavy (non-hydrogen) atoms. The van der Waals surface area contributed by atoms with Crippen LogP contribution < -0.4 is 14.8 Å². The predicted molar refractivity (Wildman–Crippen MR) is 87.8 cm³/mol. The lowest BCUT2D eigenvalue weighted by Crippen LogP contribution is -2.32. The van der Waals surface area contributed by atoms with Gasteiger partial charge in [-0.25, -0.2) is 0 Å². The van der Waals surface area contributed by atoms with Gasteiger partial charge in [0, 0.05) is 10.7 Å². The smallest absolute Gasteiger partial charge is 0.265 e. The largest absolute Gasteiger partial charge is 0.493 e. The van der Waals surface area contributed by atoms with Crippen LogP contribution in [0.3, 0.4) is 0 Å². The Hall–Kier alpha value is -2.20. The molecule has 0 spiro atoms. The molecule has 1 atom stereocenters. The normalized spacial score (nSPS) is 11.6. The first-order valence-electron chi connectivity index (χ1n) is 7.00. The number of rotatable bonds is 6. The van der Waals surface area contributed by atoms with Crippen molar-refractivity contribution in [2.24, 2.45) is 0 Å². The van der Waals surface area contributed by atoms with Crippen LogP contribution in [0.5, 0.6) is 11.5 Å². The lowest BCUT2D eigenvalue weighted by molar-refractivity contribution is -0.122. The van der Waals surface area contributed by atoms with Crippen LogP contribution in [0.1, 0.15) is 13.3 Å². The van der Waals surface area contributed by atoms with E-state index in [1.807, 2.05) is 19.1 Å². The molecule has 1 N–H and O–H groups in total. The Balaban J connectivity index is 2.07. The van der Waals surface area contributed by atoms with Crippen LogP contribution in [0.2, 0.25) is 5.02 Å². The highest BCUT2D eigenvalue weighted by Crippen LogP contribution is 2.27. The molecule has 0 aliphatic rings. The molecule has 1 unspecified atom stereocenters. The van der Waals surface area contributed by atoms with Gasteiger partial charge >= 0.3 is 0 Å². The monoisotopic (exact) mass is 319 g/mol. The van der Waals surface area contributed by atoms with E-state index in [9.17, 15) is 4.79 Å². The Bertz CT molecular complexity index is 628. The minimum Gasteiger partial charge on any atom is -0.493 e. The second-order valence-corrected chi connectivity index (χ2v) is 5.10. The van der Waals surface area contributed by atoms with Crippen molar-refractivity contribution in [1.82, 2.24) is 0 Å². The second kappa shape index (κ2) is 7.71. The fraction of sp³-hybridized carbons (Fsp3) is 0.235. The molecular formula is C17H18ClNO3. The molecule has 2 aromatic carbocycles. The number of carbonyl (C=O) groups is 1. The molecule has 0 saturated carbocycles. The summed E-state index contributed by atoms with van der Waals surface area (Å²) in [6, 6.07) is 14.2. The maximum absolute atomic E-state index is 12.3. The molecule has 2 aromatic rings. The topological polar surface area (TPSA) is 47.6 Å². The van der Waals surface area contributed by atoms with E-state index in [1.54, 1.807) is 43.5 Å². The van der Waals surface area contributed by atoms with Crippen molar-refractivity contribution >= 4 is 23.2 Å². The molecule has 0 aromatic heterocycles. The van der Waals surface area contributed by atoms with Crippen LogP contribution in [0.15, 0.2) is 48.5 Å². The van der Waals surface area contributed by atoms with Crippen molar-refractivity contribution in [3.63, 3.8) is 0 Å². The summed E-state index contributed by atoms with van der Waals surface area (Å²) >= 11 is 5.83. The number of para-hydroxylation sites is 2.